The minimum atomic E-state index is -3.81. The molecule has 1 amide bonds. The second kappa shape index (κ2) is 8.09. The van der Waals surface area contributed by atoms with Crippen LogP contribution < -0.4 is 5.32 Å². The predicted octanol–water partition coefficient (Wildman–Crippen LogP) is 0.509. The molecular formula is C16H25N4O4S. The number of carbonyl (C=O) groups is 2. The van der Waals surface area contributed by atoms with E-state index < -0.39 is 16.1 Å². The summed E-state index contributed by atoms with van der Waals surface area (Å²) in [7, 11) is -2.13. The van der Waals surface area contributed by atoms with E-state index in [0.29, 0.717) is 25.2 Å². The highest BCUT2D eigenvalue weighted by molar-refractivity contribution is 7.89. The van der Waals surface area contributed by atoms with Gasteiger partial charge in [-0.05, 0) is 25.2 Å². The van der Waals surface area contributed by atoms with Crippen molar-refractivity contribution in [3.8, 4) is 0 Å². The van der Waals surface area contributed by atoms with E-state index in [-0.39, 0.29) is 29.8 Å². The van der Waals surface area contributed by atoms with Gasteiger partial charge in [-0.1, -0.05) is 13.8 Å². The first-order chi connectivity index (χ1) is 11.7. The lowest BCUT2D eigenvalue weighted by Gasteiger charge is -2.18. The highest BCUT2D eigenvalue weighted by atomic mass is 32.2. The van der Waals surface area contributed by atoms with Crippen LogP contribution >= 0.6 is 0 Å². The summed E-state index contributed by atoms with van der Waals surface area (Å²) in [6.45, 7) is 3.97. The molecule has 9 heteroatoms. The summed E-state index contributed by atoms with van der Waals surface area (Å²) < 4.78 is 27.9. The Morgan fingerprint density at radius 1 is 1.48 bits per heavy atom. The zero-order valence-corrected chi connectivity index (χ0v) is 15.6. The molecule has 1 N–H and O–H groups in total. The third-order valence-corrected chi connectivity index (χ3v) is 5.73. The molecule has 0 bridgehead atoms. The van der Waals surface area contributed by atoms with E-state index in [9.17, 15) is 18.0 Å². The van der Waals surface area contributed by atoms with Gasteiger partial charge >= 0.3 is 0 Å². The highest BCUT2D eigenvalue weighted by Crippen LogP contribution is 2.18. The van der Waals surface area contributed by atoms with Crippen molar-refractivity contribution in [2.24, 2.45) is 13.0 Å². The lowest BCUT2D eigenvalue weighted by atomic mass is 10.1. The lowest BCUT2D eigenvalue weighted by Crippen LogP contribution is -2.44. The molecule has 0 unspecified atom stereocenters. The molecule has 1 radical (unpaired) electrons. The molecular weight excluding hydrogens is 344 g/mol. The summed E-state index contributed by atoms with van der Waals surface area (Å²) in [5, 5.41) is 2.62. The van der Waals surface area contributed by atoms with Crippen molar-refractivity contribution in [1.82, 2.24) is 19.2 Å². The average molecular weight is 369 g/mol. The van der Waals surface area contributed by atoms with Gasteiger partial charge in [0, 0.05) is 26.2 Å². The van der Waals surface area contributed by atoms with Crippen LogP contribution in [0.5, 0.6) is 0 Å². The van der Waals surface area contributed by atoms with Gasteiger partial charge in [-0.15, -0.1) is 0 Å². The van der Waals surface area contributed by atoms with E-state index in [4.69, 9.17) is 0 Å². The van der Waals surface area contributed by atoms with E-state index in [1.165, 1.54) is 18.9 Å². The van der Waals surface area contributed by atoms with Crippen LogP contribution in [0, 0.1) is 12.3 Å². The van der Waals surface area contributed by atoms with Gasteiger partial charge in [-0.25, -0.2) is 13.4 Å². The van der Waals surface area contributed by atoms with Crippen LogP contribution in [0.3, 0.4) is 0 Å². The fourth-order valence-electron chi connectivity index (χ4n) is 2.58. The molecule has 1 fully saturated rings. The van der Waals surface area contributed by atoms with Crippen molar-refractivity contribution in [2.45, 2.75) is 44.2 Å². The van der Waals surface area contributed by atoms with E-state index in [1.54, 1.807) is 11.6 Å². The lowest BCUT2D eigenvalue weighted by molar-refractivity contribution is -0.126. The van der Waals surface area contributed by atoms with Crippen molar-refractivity contribution < 1.29 is 18.0 Å². The molecule has 139 valence electrons. The van der Waals surface area contributed by atoms with Gasteiger partial charge in [0.1, 0.15) is 0 Å². The van der Waals surface area contributed by atoms with Crippen LogP contribution in [-0.4, -0.2) is 53.1 Å². The number of hydrogen-bond acceptors (Lipinski definition) is 5. The molecule has 2 heterocycles. The Bertz CT molecular complexity index is 726. The molecule has 8 nitrogen and oxygen atoms in total. The van der Waals surface area contributed by atoms with Crippen LogP contribution in [-0.2, 0) is 26.7 Å². The Morgan fingerprint density at radius 3 is 2.80 bits per heavy atom. The Morgan fingerprint density at radius 2 is 2.20 bits per heavy atom. The molecule has 2 rings (SSSR count). The van der Waals surface area contributed by atoms with Gasteiger partial charge in [-0.3, -0.25) is 9.59 Å². The summed E-state index contributed by atoms with van der Waals surface area (Å²) in [5.41, 5.74) is 0. The summed E-state index contributed by atoms with van der Waals surface area (Å²) in [4.78, 5) is 28.2. The summed E-state index contributed by atoms with van der Waals surface area (Å²) in [6, 6.07) is -0.653. The monoisotopic (exact) mass is 369 g/mol. The van der Waals surface area contributed by atoms with Crippen LogP contribution in [0.4, 0.5) is 0 Å². The van der Waals surface area contributed by atoms with Gasteiger partial charge in [0.25, 0.3) is 10.0 Å². The molecule has 1 aliphatic rings. The molecule has 1 aromatic heterocycles. The number of aromatic nitrogens is 2. The van der Waals surface area contributed by atoms with Crippen molar-refractivity contribution >= 4 is 21.7 Å². The quantitative estimate of drug-likeness (QED) is 0.787. The third kappa shape index (κ3) is 5.12. The minimum absolute atomic E-state index is 0.0736. The first-order valence-electron chi connectivity index (χ1n) is 8.34. The average Bonchev–Trinajstić information content (AvgIpc) is 2.89. The number of hydrogen-bond donors (Lipinski definition) is 1. The topological polar surface area (TPSA) is 101 Å². The van der Waals surface area contributed by atoms with E-state index in [1.807, 2.05) is 13.8 Å². The van der Waals surface area contributed by atoms with Crippen LogP contribution in [0.1, 0.15) is 33.1 Å². The number of nitrogens with zero attached hydrogens (tertiary/aromatic N) is 3. The van der Waals surface area contributed by atoms with Crippen molar-refractivity contribution in [3.63, 3.8) is 0 Å². The molecule has 0 spiro atoms. The molecule has 0 aromatic carbocycles. The zero-order valence-electron chi connectivity index (χ0n) is 14.8. The second-order valence-corrected chi connectivity index (χ2v) is 8.60. The van der Waals surface area contributed by atoms with Crippen LogP contribution in [0.15, 0.2) is 17.6 Å². The number of rotatable bonds is 6. The highest BCUT2D eigenvalue weighted by Gasteiger charge is 2.33. The fourth-order valence-corrected chi connectivity index (χ4v) is 3.99. The number of imidazole rings is 1. The summed E-state index contributed by atoms with van der Waals surface area (Å²) >= 11 is 0. The minimum Gasteiger partial charge on any atom is -0.346 e. The maximum absolute atomic E-state index is 12.6. The third-order valence-electron chi connectivity index (χ3n) is 4.00. The van der Waals surface area contributed by atoms with E-state index >= 15 is 0 Å². The van der Waals surface area contributed by atoms with E-state index in [0.717, 1.165) is 4.31 Å². The number of Topliss-reactive ketones (excluding diaryl/α,β-unsaturated/α-hetero) is 1. The molecule has 1 aliphatic heterocycles. The van der Waals surface area contributed by atoms with Gasteiger partial charge in [0.15, 0.2) is 10.8 Å². The molecule has 0 aliphatic carbocycles. The number of aryl methyl sites for hydroxylation is 1. The standard InChI is InChI=1S/C16H25N4O4S/c1-12(2)6-7-15(22)18-13-5-4-8-20(9-14(13)21)25(23,24)16-10-19(3)11-17-16/h7,10-13H,4-6,8-9H2,1-3H3,(H,18,22)/t13-/m0/s1. The Kier molecular flexibility index (Phi) is 6.34. The van der Waals surface area contributed by atoms with Gasteiger partial charge < -0.3 is 9.88 Å². The second-order valence-electron chi connectivity index (χ2n) is 6.72. The van der Waals surface area contributed by atoms with Crippen molar-refractivity contribution in [2.75, 3.05) is 13.1 Å². The maximum Gasteiger partial charge on any atom is 0.262 e. The number of nitrogens with one attached hydrogen (secondary N) is 1. The number of amides is 1. The largest absolute Gasteiger partial charge is 0.346 e. The molecule has 1 atom stereocenters. The van der Waals surface area contributed by atoms with Crippen LogP contribution in [0.25, 0.3) is 0 Å². The van der Waals surface area contributed by atoms with Crippen molar-refractivity contribution in [1.29, 1.82) is 0 Å². The summed E-state index contributed by atoms with van der Waals surface area (Å²) in [6.07, 6.45) is 5.89. The first-order valence-corrected chi connectivity index (χ1v) is 9.78. The first kappa shape index (κ1) is 19.6. The zero-order chi connectivity index (χ0) is 18.6. The Balaban J connectivity index is 2.02. The summed E-state index contributed by atoms with van der Waals surface area (Å²) in [5.74, 6) is -0.231. The Labute approximate surface area is 148 Å². The number of carbonyl (C=O) groups excluding carboxylic acids is 2. The smallest absolute Gasteiger partial charge is 0.262 e. The normalized spacial score (nSPS) is 19.8. The Hall–Kier alpha value is -1.74. The van der Waals surface area contributed by atoms with Crippen molar-refractivity contribution in [3.05, 3.63) is 18.9 Å². The van der Waals surface area contributed by atoms with Crippen LogP contribution in [0.2, 0.25) is 0 Å². The van der Waals surface area contributed by atoms with Gasteiger partial charge in [-0.2, -0.15) is 4.31 Å². The van der Waals surface area contributed by atoms with Gasteiger partial charge in [0.2, 0.25) is 5.91 Å². The maximum atomic E-state index is 12.6. The molecule has 1 saturated heterocycles. The molecule has 25 heavy (non-hydrogen) atoms. The SMILES string of the molecule is CC(C)C[CH]C(=O)N[C@H]1CCCN(S(=O)(=O)c2cn(C)cn2)CC1=O. The van der Waals surface area contributed by atoms with E-state index in [2.05, 4.69) is 10.3 Å². The predicted molar refractivity (Wildman–Crippen MR) is 91.9 cm³/mol. The molecule has 1 aromatic rings. The fraction of sp³-hybridized carbons (Fsp3) is 0.625. The number of sulfonamides is 1. The molecule has 0 saturated carbocycles. The van der Waals surface area contributed by atoms with Gasteiger partial charge in [0.05, 0.1) is 18.9 Å². The number of ketones is 1.